The molecule has 0 aromatic heterocycles. The molecule has 0 aliphatic rings. The third-order valence-corrected chi connectivity index (χ3v) is 0.704. The van der Waals surface area contributed by atoms with Crippen LogP contribution in [0, 0.1) is 0 Å². The molecule has 0 amide bonds. The van der Waals surface area contributed by atoms with Crippen LogP contribution >= 0.6 is 9.03 Å². The second-order valence-electron chi connectivity index (χ2n) is 0.583. The molecule has 0 heterocycles. The first kappa shape index (κ1) is 7.27. The van der Waals surface area contributed by atoms with Gasteiger partial charge in [-0.25, -0.2) is 9.78 Å². The lowest BCUT2D eigenvalue weighted by Crippen LogP contribution is -1.77. The van der Waals surface area contributed by atoms with Gasteiger partial charge in [0.25, 0.3) is 0 Å². The van der Waals surface area contributed by atoms with Crippen molar-refractivity contribution in [3.8, 4) is 0 Å². The molecule has 0 spiro atoms. The van der Waals surface area contributed by atoms with E-state index in [9.17, 15) is 0 Å². The average molecular weight is 126 g/mol. The highest BCUT2D eigenvalue weighted by atomic mass is 31.1. The van der Waals surface area contributed by atoms with E-state index in [4.69, 9.17) is 0 Å². The normalized spacial score (nSPS) is 9.43. The molecule has 0 unspecified atom stereocenters. The lowest BCUT2D eigenvalue weighted by Gasteiger charge is -1.94. The highest BCUT2D eigenvalue weighted by molar-refractivity contribution is 7.25. The van der Waals surface area contributed by atoms with E-state index in [1.54, 1.807) is 0 Å². The maximum atomic E-state index is 4.25. The fourth-order valence-electron chi connectivity index (χ4n) is 0.0819. The quantitative estimate of drug-likeness (QED) is 0.240. The molecule has 0 N–H and O–H groups in total. The van der Waals surface area contributed by atoms with Gasteiger partial charge >= 0.3 is 0 Å². The topological polar surface area (TPSA) is 36.9 Å². The first-order chi connectivity index (χ1) is 3.41. The first-order valence-electron chi connectivity index (χ1n) is 1.56. The third-order valence-electron chi connectivity index (χ3n) is 0.235. The van der Waals surface area contributed by atoms with Crippen molar-refractivity contribution in [1.29, 1.82) is 0 Å². The van der Waals surface area contributed by atoms with Crippen LogP contribution in [0.5, 0.6) is 0 Å². The van der Waals surface area contributed by atoms with Gasteiger partial charge in [0.2, 0.25) is 9.03 Å². The number of hydrogen-bond acceptors (Lipinski definition) is 4. The van der Waals surface area contributed by atoms with Crippen LogP contribution in [0.3, 0.4) is 0 Å². The predicted molar refractivity (Wildman–Crippen MR) is 24.5 cm³/mol. The van der Waals surface area contributed by atoms with Gasteiger partial charge in [-0.15, -0.1) is 0 Å². The maximum Gasteiger partial charge on any atom is 0.231 e. The fraction of sp³-hybridized carbons (Fsp3) is 1.00. The van der Waals surface area contributed by atoms with E-state index in [-0.39, 0.29) is 9.03 Å². The zero-order valence-electron chi connectivity index (χ0n) is 4.13. The molecule has 0 saturated carbocycles. The molecule has 7 heavy (non-hydrogen) atoms. The van der Waals surface area contributed by atoms with Gasteiger partial charge in [0.05, 0.1) is 14.2 Å². The summed E-state index contributed by atoms with van der Waals surface area (Å²) in [5, 5.41) is 0. The number of rotatable bonds is 4. The molecule has 0 saturated heterocycles. The van der Waals surface area contributed by atoms with E-state index in [0.717, 1.165) is 0 Å². The van der Waals surface area contributed by atoms with Gasteiger partial charge in [0.1, 0.15) is 0 Å². The van der Waals surface area contributed by atoms with Crippen molar-refractivity contribution >= 4 is 9.03 Å². The van der Waals surface area contributed by atoms with E-state index >= 15 is 0 Å². The summed E-state index contributed by atoms with van der Waals surface area (Å²) in [5.41, 5.74) is 0. The molecule has 0 rings (SSSR count). The Morgan fingerprint density at radius 3 is 1.71 bits per heavy atom. The smallest absolute Gasteiger partial charge is 0.231 e. The zero-order chi connectivity index (χ0) is 5.54. The van der Waals surface area contributed by atoms with Crippen LogP contribution in [0.4, 0.5) is 0 Å². The molecule has 0 radical (unpaired) electrons. The van der Waals surface area contributed by atoms with Crippen LogP contribution in [0.25, 0.3) is 0 Å². The summed E-state index contributed by atoms with van der Waals surface area (Å²) in [6, 6.07) is 0. The summed E-state index contributed by atoms with van der Waals surface area (Å²) in [4.78, 5) is 8.30. The van der Waals surface area contributed by atoms with Gasteiger partial charge in [0.15, 0.2) is 0 Å². The summed E-state index contributed by atoms with van der Waals surface area (Å²) in [6.45, 7) is 0. The molecule has 0 aromatic rings. The van der Waals surface area contributed by atoms with E-state index in [1.165, 1.54) is 14.2 Å². The Hall–Kier alpha value is 0.270. The van der Waals surface area contributed by atoms with Crippen LogP contribution in [-0.2, 0) is 19.1 Å². The van der Waals surface area contributed by atoms with Gasteiger partial charge in [-0.3, -0.25) is 0 Å². The van der Waals surface area contributed by atoms with Crippen LogP contribution in [0.2, 0.25) is 0 Å². The van der Waals surface area contributed by atoms with Gasteiger partial charge in [0, 0.05) is 0 Å². The summed E-state index contributed by atoms with van der Waals surface area (Å²) in [7, 11) is 2.58. The third kappa shape index (κ3) is 6.27. The number of hydrogen-bond donors (Lipinski definition) is 0. The van der Waals surface area contributed by atoms with Gasteiger partial charge < -0.3 is 0 Å². The van der Waals surface area contributed by atoms with E-state index in [1.807, 2.05) is 0 Å². The Kier molecular flexibility index (Phi) is 6.51. The lowest BCUT2D eigenvalue weighted by molar-refractivity contribution is -0.223. The van der Waals surface area contributed by atoms with Crippen molar-refractivity contribution in [2.75, 3.05) is 14.2 Å². The molecular formula is C2H7O4P. The van der Waals surface area contributed by atoms with Crippen LogP contribution in [0.15, 0.2) is 0 Å². The molecule has 0 aliphatic carbocycles. The zero-order valence-corrected chi connectivity index (χ0v) is 5.13. The summed E-state index contributed by atoms with van der Waals surface area (Å²) < 4.78 is 8.51. The summed E-state index contributed by atoms with van der Waals surface area (Å²) in [6.07, 6.45) is 0. The molecule has 0 bridgehead atoms. The molecule has 4 nitrogen and oxygen atoms in total. The van der Waals surface area contributed by atoms with E-state index in [0.29, 0.717) is 0 Å². The monoisotopic (exact) mass is 126 g/mol. The minimum absolute atomic E-state index is 0.212. The first-order valence-corrected chi connectivity index (χ1v) is 2.37. The minimum atomic E-state index is -0.212. The standard InChI is InChI=1S/C2H7O4P/c1-3-5-7-6-4-2/h7H,1-2H3. The minimum Gasteiger partial charge on any atom is -0.235 e. The molecular weight excluding hydrogens is 119 g/mol. The van der Waals surface area contributed by atoms with E-state index < -0.39 is 0 Å². The Labute approximate surface area is 43.5 Å². The van der Waals surface area contributed by atoms with Gasteiger partial charge in [-0.2, -0.15) is 9.35 Å². The van der Waals surface area contributed by atoms with Gasteiger partial charge in [-0.05, 0) is 0 Å². The van der Waals surface area contributed by atoms with Crippen molar-refractivity contribution in [2.45, 2.75) is 0 Å². The second-order valence-corrected chi connectivity index (χ2v) is 1.08. The molecule has 44 valence electrons. The highest BCUT2D eigenvalue weighted by Gasteiger charge is 1.79. The van der Waals surface area contributed by atoms with Gasteiger partial charge in [-0.1, -0.05) is 0 Å². The van der Waals surface area contributed by atoms with Crippen molar-refractivity contribution < 1.29 is 19.1 Å². The van der Waals surface area contributed by atoms with Crippen molar-refractivity contribution in [1.82, 2.24) is 0 Å². The van der Waals surface area contributed by atoms with Crippen LogP contribution in [0.1, 0.15) is 0 Å². The lowest BCUT2D eigenvalue weighted by atomic mass is 11.8. The fourth-order valence-corrected chi connectivity index (χ4v) is 0.246. The van der Waals surface area contributed by atoms with Crippen molar-refractivity contribution in [3.05, 3.63) is 0 Å². The SMILES string of the molecule is COOPOOC. The molecule has 0 aliphatic heterocycles. The molecule has 5 heteroatoms. The van der Waals surface area contributed by atoms with Crippen molar-refractivity contribution in [3.63, 3.8) is 0 Å². The highest BCUT2D eigenvalue weighted by Crippen LogP contribution is 2.11. The van der Waals surface area contributed by atoms with Crippen LogP contribution in [-0.4, -0.2) is 14.2 Å². The average Bonchev–Trinajstić information content (AvgIpc) is 1.69. The maximum absolute atomic E-state index is 4.25. The second kappa shape index (κ2) is 6.27. The molecule has 0 fully saturated rings. The Morgan fingerprint density at radius 2 is 1.43 bits per heavy atom. The Balaban J connectivity index is 2.45. The summed E-state index contributed by atoms with van der Waals surface area (Å²) >= 11 is 0. The van der Waals surface area contributed by atoms with Crippen LogP contribution < -0.4 is 0 Å². The Bertz CT molecular complexity index is 28.9. The Morgan fingerprint density at radius 1 is 1.00 bits per heavy atom. The van der Waals surface area contributed by atoms with E-state index in [2.05, 4.69) is 19.1 Å². The molecule has 0 atom stereocenters. The predicted octanol–water partition coefficient (Wildman–Crippen LogP) is 0.651. The van der Waals surface area contributed by atoms with Crippen molar-refractivity contribution in [2.24, 2.45) is 0 Å². The summed E-state index contributed by atoms with van der Waals surface area (Å²) in [5.74, 6) is 0. The molecule has 0 aromatic carbocycles. The largest absolute Gasteiger partial charge is 0.235 e.